The highest BCUT2D eigenvalue weighted by Gasteiger charge is 1.93. The van der Waals surface area contributed by atoms with Crippen molar-refractivity contribution in [3.63, 3.8) is 0 Å². The monoisotopic (exact) mass is 248 g/mol. The summed E-state index contributed by atoms with van der Waals surface area (Å²) in [6, 6.07) is 0. The molecule has 0 saturated carbocycles. The van der Waals surface area contributed by atoms with E-state index in [2.05, 4.69) is 19.8 Å². The van der Waals surface area contributed by atoms with Crippen LogP contribution in [0.1, 0.15) is 64.7 Å². The standard InChI is InChI=1S/C13H28O2S/c1-2-14-12-10-8-6-4-3-5-7-9-11-13-15-16/h16H,2-13H2,1H3. The van der Waals surface area contributed by atoms with Crippen LogP contribution in [-0.2, 0) is 8.92 Å². The summed E-state index contributed by atoms with van der Waals surface area (Å²) >= 11 is 3.72. The van der Waals surface area contributed by atoms with Gasteiger partial charge in [0.15, 0.2) is 0 Å². The van der Waals surface area contributed by atoms with Crippen LogP contribution in [0.2, 0.25) is 0 Å². The van der Waals surface area contributed by atoms with Crippen LogP contribution < -0.4 is 0 Å². The molecule has 0 spiro atoms. The Kier molecular flexibility index (Phi) is 15.5. The average molecular weight is 248 g/mol. The summed E-state index contributed by atoms with van der Waals surface area (Å²) in [4.78, 5) is 0. The van der Waals surface area contributed by atoms with Crippen molar-refractivity contribution in [2.24, 2.45) is 0 Å². The lowest BCUT2D eigenvalue weighted by Crippen LogP contribution is -1.93. The molecule has 2 nitrogen and oxygen atoms in total. The molecular formula is C13H28O2S. The van der Waals surface area contributed by atoms with Gasteiger partial charge < -0.3 is 8.92 Å². The third kappa shape index (κ3) is 14.3. The first-order valence-electron chi connectivity index (χ1n) is 6.76. The molecule has 0 unspecified atom stereocenters. The molecule has 0 aromatic carbocycles. The van der Waals surface area contributed by atoms with E-state index in [1.54, 1.807) is 0 Å². The molecule has 0 amide bonds. The summed E-state index contributed by atoms with van der Waals surface area (Å²) in [5, 5.41) is 0. The van der Waals surface area contributed by atoms with Crippen molar-refractivity contribution in [1.82, 2.24) is 0 Å². The van der Waals surface area contributed by atoms with Gasteiger partial charge in [-0.15, -0.1) is 0 Å². The zero-order valence-corrected chi connectivity index (χ0v) is 11.6. The number of hydrogen-bond donors (Lipinski definition) is 1. The van der Waals surface area contributed by atoms with Crippen LogP contribution in [0.4, 0.5) is 0 Å². The van der Waals surface area contributed by atoms with Crippen molar-refractivity contribution < 1.29 is 8.92 Å². The van der Waals surface area contributed by atoms with Gasteiger partial charge in [-0.25, -0.2) is 0 Å². The SMILES string of the molecule is CCOCCCCCCCCCCCOS. The fourth-order valence-corrected chi connectivity index (χ4v) is 1.88. The Morgan fingerprint density at radius 2 is 1.12 bits per heavy atom. The van der Waals surface area contributed by atoms with E-state index in [1.807, 2.05) is 0 Å². The van der Waals surface area contributed by atoms with Gasteiger partial charge in [-0.2, -0.15) is 0 Å². The molecular weight excluding hydrogens is 220 g/mol. The first-order chi connectivity index (χ1) is 7.91. The smallest absolute Gasteiger partial charge is 0.0610 e. The van der Waals surface area contributed by atoms with Crippen molar-refractivity contribution in [3.8, 4) is 0 Å². The van der Waals surface area contributed by atoms with Gasteiger partial charge in [0.1, 0.15) is 0 Å². The quantitative estimate of drug-likeness (QED) is 0.296. The van der Waals surface area contributed by atoms with Crippen LogP contribution in [0.15, 0.2) is 0 Å². The van der Waals surface area contributed by atoms with Gasteiger partial charge in [-0.1, -0.05) is 44.9 Å². The van der Waals surface area contributed by atoms with E-state index in [-0.39, 0.29) is 0 Å². The average Bonchev–Trinajstić information content (AvgIpc) is 2.31. The molecule has 0 heterocycles. The molecule has 0 saturated heterocycles. The summed E-state index contributed by atoms with van der Waals surface area (Å²) in [5.41, 5.74) is 0. The summed E-state index contributed by atoms with van der Waals surface area (Å²) in [7, 11) is 0. The predicted octanol–water partition coefficient (Wildman–Crippen LogP) is 4.40. The minimum absolute atomic E-state index is 0.792. The minimum atomic E-state index is 0.792. The molecule has 0 N–H and O–H groups in total. The third-order valence-corrected chi connectivity index (χ3v) is 2.91. The predicted molar refractivity (Wildman–Crippen MR) is 73.0 cm³/mol. The minimum Gasteiger partial charge on any atom is -0.382 e. The van der Waals surface area contributed by atoms with Gasteiger partial charge in [0, 0.05) is 13.2 Å². The Hall–Kier alpha value is 0.270. The van der Waals surface area contributed by atoms with Gasteiger partial charge in [0.05, 0.1) is 6.61 Å². The molecule has 0 aromatic rings. The highest BCUT2D eigenvalue weighted by molar-refractivity contribution is 7.75. The maximum absolute atomic E-state index is 5.30. The summed E-state index contributed by atoms with van der Waals surface area (Å²) in [6.45, 7) is 4.65. The van der Waals surface area contributed by atoms with Crippen molar-refractivity contribution in [2.75, 3.05) is 19.8 Å². The largest absolute Gasteiger partial charge is 0.382 e. The van der Waals surface area contributed by atoms with Crippen LogP contribution in [-0.4, -0.2) is 19.8 Å². The number of rotatable bonds is 13. The van der Waals surface area contributed by atoms with Gasteiger partial charge >= 0.3 is 0 Å². The number of ether oxygens (including phenoxy) is 1. The van der Waals surface area contributed by atoms with Crippen molar-refractivity contribution in [2.45, 2.75) is 64.7 Å². The maximum Gasteiger partial charge on any atom is 0.0610 e. The van der Waals surface area contributed by atoms with Crippen LogP contribution in [0.25, 0.3) is 0 Å². The number of hydrogen-bond acceptors (Lipinski definition) is 3. The fourth-order valence-electron chi connectivity index (χ4n) is 1.75. The number of unbranched alkanes of at least 4 members (excludes halogenated alkanes) is 8. The Labute approximate surface area is 107 Å². The Morgan fingerprint density at radius 3 is 1.56 bits per heavy atom. The topological polar surface area (TPSA) is 18.5 Å². The lowest BCUT2D eigenvalue weighted by molar-refractivity contribution is 0.143. The van der Waals surface area contributed by atoms with Gasteiger partial charge in [0.25, 0.3) is 0 Å². The molecule has 0 rings (SSSR count). The van der Waals surface area contributed by atoms with Gasteiger partial charge in [0.2, 0.25) is 0 Å². The van der Waals surface area contributed by atoms with Crippen LogP contribution in [0.3, 0.4) is 0 Å². The van der Waals surface area contributed by atoms with Crippen LogP contribution in [0.5, 0.6) is 0 Å². The maximum atomic E-state index is 5.30. The highest BCUT2D eigenvalue weighted by Crippen LogP contribution is 2.09. The summed E-state index contributed by atoms with van der Waals surface area (Å²) < 4.78 is 10.0. The Balaban J connectivity index is 2.83. The summed E-state index contributed by atoms with van der Waals surface area (Å²) in [6.07, 6.45) is 11.8. The molecule has 98 valence electrons. The van der Waals surface area contributed by atoms with Crippen molar-refractivity contribution >= 4 is 12.9 Å². The molecule has 0 aliphatic rings. The first kappa shape index (κ1) is 16.3. The van der Waals surface area contributed by atoms with Crippen molar-refractivity contribution in [1.29, 1.82) is 0 Å². The van der Waals surface area contributed by atoms with E-state index in [0.29, 0.717) is 0 Å². The van der Waals surface area contributed by atoms with E-state index < -0.39 is 0 Å². The normalized spacial score (nSPS) is 10.9. The third-order valence-electron chi connectivity index (χ3n) is 2.73. The lowest BCUT2D eigenvalue weighted by Gasteiger charge is -2.02. The van der Waals surface area contributed by atoms with Gasteiger partial charge in [-0.05, 0) is 32.7 Å². The lowest BCUT2D eigenvalue weighted by atomic mass is 10.1. The van der Waals surface area contributed by atoms with E-state index >= 15 is 0 Å². The van der Waals surface area contributed by atoms with E-state index in [9.17, 15) is 0 Å². The number of thiol groups is 1. The van der Waals surface area contributed by atoms with E-state index in [4.69, 9.17) is 8.92 Å². The van der Waals surface area contributed by atoms with Crippen LogP contribution >= 0.6 is 12.9 Å². The molecule has 0 aliphatic carbocycles. The molecule has 3 heteroatoms. The second-order valence-corrected chi connectivity index (χ2v) is 4.47. The second-order valence-electron chi connectivity index (χ2n) is 4.21. The van der Waals surface area contributed by atoms with Gasteiger partial charge in [-0.3, -0.25) is 0 Å². The molecule has 0 fully saturated rings. The van der Waals surface area contributed by atoms with E-state index in [0.717, 1.165) is 26.2 Å². The second kappa shape index (κ2) is 15.3. The Morgan fingerprint density at radius 1 is 0.688 bits per heavy atom. The first-order valence-corrected chi connectivity index (χ1v) is 7.12. The fraction of sp³-hybridized carbons (Fsp3) is 1.00. The highest BCUT2D eigenvalue weighted by atomic mass is 32.1. The molecule has 0 radical (unpaired) electrons. The van der Waals surface area contributed by atoms with Crippen molar-refractivity contribution in [3.05, 3.63) is 0 Å². The Bertz CT molecular complexity index is 107. The molecule has 0 bridgehead atoms. The summed E-state index contributed by atoms with van der Waals surface area (Å²) in [5.74, 6) is 0. The molecule has 16 heavy (non-hydrogen) atoms. The van der Waals surface area contributed by atoms with E-state index in [1.165, 1.54) is 51.4 Å². The molecule has 0 aromatic heterocycles. The zero-order valence-electron chi connectivity index (χ0n) is 10.7. The molecule has 0 atom stereocenters. The zero-order chi connectivity index (χ0) is 11.9. The van der Waals surface area contributed by atoms with Crippen LogP contribution in [0, 0.1) is 0 Å². The molecule has 0 aliphatic heterocycles.